The number of hydrogen-bond acceptors (Lipinski definition) is 4. The molecule has 0 unspecified atom stereocenters. The molecule has 0 saturated carbocycles. The van der Waals surface area contributed by atoms with Crippen LogP contribution in [0, 0.1) is 5.82 Å². The molecular weight excluding hydrogens is 363 g/mol. The van der Waals surface area contributed by atoms with Gasteiger partial charge in [0.05, 0.1) is 19.6 Å². The van der Waals surface area contributed by atoms with Gasteiger partial charge in [-0.25, -0.2) is 9.18 Å². The lowest BCUT2D eigenvalue weighted by molar-refractivity contribution is -0.143. The van der Waals surface area contributed by atoms with E-state index in [2.05, 4.69) is 0 Å². The van der Waals surface area contributed by atoms with Crippen LogP contribution < -0.4 is 0 Å². The number of aromatic nitrogens is 1. The molecule has 0 N–H and O–H groups in total. The Hall–Kier alpha value is -2.57. The van der Waals surface area contributed by atoms with Crippen LogP contribution in [0.4, 0.5) is 9.18 Å². The van der Waals surface area contributed by atoms with Gasteiger partial charge in [0.15, 0.2) is 0 Å². The molecule has 7 heteroatoms. The van der Waals surface area contributed by atoms with Gasteiger partial charge in [0.2, 0.25) is 0 Å². The number of benzene rings is 1. The number of amides is 1. The number of carbonyl (C=O) groups is 2. The zero-order chi connectivity index (χ0) is 20.5. The highest BCUT2D eigenvalue weighted by atomic mass is 19.1. The Kier molecular flexibility index (Phi) is 5.63. The normalized spacial score (nSPS) is 14.1. The molecule has 1 aromatic heterocycles. The van der Waals surface area contributed by atoms with Crippen LogP contribution in [-0.2, 0) is 33.8 Å². The molecule has 1 aliphatic rings. The maximum atomic E-state index is 13.9. The van der Waals surface area contributed by atoms with Crippen molar-refractivity contribution in [3.05, 3.63) is 35.3 Å². The highest BCUT2D eigenvalue weighted by molar-refractivity contribution is 5.86. The summed E-state index contributed by atoms with van der Waals surface area (Å²) in [6, 6.07) is 4.64. The number of esters is 1. The first-order valence-electron chi connectivity index (χ1n) is 9.62. The van der Waals surface area contributed by atoms with Gasteiger partial charge in [-0.1, -0.05) is 0 Å². The summed E-state index contributed by atoms with van der Waals surface area (Å²) in [7, 11) is 0. The maximum Gasteiger partial charge on any atom is 0.410 e. The number of nitrogens with zero attached hydrogens (tertiary/aromatic N) is 2. The smallest absolute Gasteiger partial charge is 0.410 e. The average Bonchev–Trinajstić information content (AvgIpc) is 2.91. The Labute approximate surface area is 164 Å². The Morgan fingerprint density at radius 2 is 2.00 bits per heavy atom. The lowest BCUT2D eigenvalue weighted by atomic mass is 10.0. The number of hydrogen-bond donors (Lipinski definition) is 0. The molecule has 2 aromatic rings. The number of fused-ring (bicyclic) bond motifs is 3. The maximum absolute atomic E-state index is 13.9. The molecule has 0 bridgehead atoms. The zero-order valence-electron chi connectivity index (χ0n) is 16.9. The van der Waals surface area contributed by atoms with Crippen LogP contribution in [0.5, 0.6) is 0 Å². The minimum Gasteiger partial charge on any atom is -0.466 e. The van der Waals surface area contributed by atoms with Gasteiger partial charge in [-0.15, -0.1) is 0 Å². The Bertz CT molecular complexity index is 898. The van der Waals surface area contributed by atoms with Crippen molar-refractivity contribution in [2.45, 2.75) is 59.2 Å². The van der Waals surface area contributed by atoms with E-state index in [1.165, 1.54) is 12.1 Å². The second-order valence-electron chi connectivity index (χ2n) is 7.95. The van der Waals surface area contributed by atoms with Crippen LogP contribution >= 0.6 is 0 Å². The van der Waals surface area contributed by atoms with E-state index in [4.69, 9.17) is 9.47 Å². The van der Waals surface area contributed by atoms with Crippen LogP contribution in [0.15, 0.2) is 18.2 Å². The predicted molar refractivity (Wildman–Crippen MR) is 103 cm³/mol. The Balaban J connectivity index is 1.92. The topological polar surface area (TPSA) is 60.8 Å². The Morgan fingerprint density at radius 3 is 2.68 bits per heavy atom. The van der Waals surface area contributed by atoms with Crippen LogP contribution in [-0.4, -0.2) is 40.3 Å². The number of halogens is 1. The van der Waals surface area contributed by atoms with Gasteiger partial charge in [-0.3, -0.25) is 4.79 Å². The largest absolute Gasteiger partial charge is 0.466 e. The van der Waals surface area contributed by atoms with Crippen molar-refractivity contribution < 1.29 is 23.5 Å². The standard InChI is InChI=1S/C21H27FN2O4/c1-5-27-19(25)9-11-24-17-7-6-14(22)12-15(17)16-13-23(10-8-18(16)24)20(26)28-21(2,3)4/h6-7,12H,5,8-11,13H2,1-4H3. The molecule has 152 valence electrons. The molecule has 0 radical (unpaired) electrons. The first-order chi connectivity index (χ1) is 13.2. The van der Waals surface area contributed by atoms with E-state index in [-0.39, 0.29) is 24.3 Å². The summed E-state index contributed by atoms with van der Waals surface area (Å²) < 4.78 is 26.5. The van der Waals surface area contributed by atoms with Crippen molar-refractivity contribution in [1.29, 1.82) is 0 Å². The molecule has 0 saturated heterocycles. The molecule has 0 aliphatic carbocycles. The summed E-state index contributed by atoms with van der Waals surface area (Å²) in [5.74, 6) is -0.585. The molecule has 1 aromatic carbocycles. The van der Waals surface area contributed by atoms with Gasteiger partial charge in [-0.05, 0) is 45.9 Å². The average molecular weight is 390 g/mol. The number of rotatable bonds is 4. The van der Waals surface area contributed by atoms with Crippen molar-refractivity contribution >= 4 is 23.0 Å². The highest BCUT2D eigenvalue weighted by Crippen LogP contribution is 2.32. The van der Waals surface area contributed by atoms with Crippen molar-refractivity contribution in [3.63, 3.8) is 0 Å². The second kappa shape index (κ2) is 7.81. The minimum absolute atomic E-state index is 0.247. The van der Waals surface area contributed by atoms with E-state index >= 15 is 0 Å². The number of aryl methyl sites for hydroxylation is 1. The summed E-state index contributed by atoms with van der Waals surface area (Å²) in [6.07, 6.45) is 0.493. The van der Waals surface area contributed by atoms with Gasteiger partial charge in [-0.2, -0.15) is 0 Å². The van der Waals surface area contributed by atoms with E-state index < -0.39 is 5.60 Å². The molecule has 3 rings (SSSR count). The molecule has 0 fully saturated rings. The summed E-state index contributed by atoms with van der Waals surface area (Å²) in [5.41, 5.74) is 2.24. The van der Waals surface area contributed by atoms with Crippen LogP contribution in [0.3, 0.4) is 0 Å². The van der Waals surface area contributed by atoms with E-state index in [0.717, 1.165) is 22.2 Å². The quantitative estimate of drug-likeness (QED) is 0.740. The van der Waals surface area contributed by atoms with Gasteiger partial charge in [0.1, 0.15) is 11.4 Å². The van der Waals surface area contributed by atoms with Crippen LogP contribution in [0.2, 0.25) is 0 Å². The van der Waals surface area contributed by atoms with Crippen molar-refractivity contribution in [3.8, 4) is 0 Å². The van der Waals surface area contributed by atoms with Crippen LogP contribution in [0.25, 0.3) is 10.9 Å². The first-order valence-corrected chi connectivity index (χ1v) is 9.62. The molecule has 0 spiro atoms. The number of carbonyl (C=O) groups excluding carboxylic acids is 2. The molecule has 1 aliphatic heterocycles. The zero-order valence-corrected chi connectivity index (χ0v) is 16.9. The SMILES string of the molecule is CCOC(=O)CCn1c2c(c3cc(F)ccc31)CN(C(=O)OC(C)(C)C)CC2. The fourth-order valence-electron chi connectivity index (χ4n) is 3.60. The summed E-state index contributed by atoms with van der Waals surface area (Å²) in [5, 5.41) is 0.770. The fraction of sp³-hybridized carbons (Fsp3) is 0.524. The third-order valence-electron chi connectivity index (χ3n) is 4.71. The molecular formula is C21H27FN2O4. The van der Waals surface area contributed by atoms with E-state index in [1.807, 2.05) is 25.3 Å². The molecule has 6 nitrogen and oxygen atoms in total. The van der Waals surface area contributed by atoms with Crippen molar-refractivity contribution in [2.24, 2.45) is 0 Å². The third-order valence-corrected chi connectivity index (χ3v) is 4.71. The van der Waals surface area contributed by atoms with Gasteiger partial charge in [0.25, 0.3) is 0 Å². The monoisotopic (exact) mass is 390 g/mol. The first kappa shape index (κ1) is 20.2. The van der Waals surface area contributed by atoms with Gasteiger partial charge < -0.3 is 18.9 Å². The lowest BCUT2D eigenvalue weighted by Crippen LogP contribution is -2.40. The van der Waals surface area contributed by atoms with E-state index in [9.17, 15) is 14.0 Å². The molecule has 0 atom stereocenters. The molecule has 28 heavy (non-hydrogen) atoms. The molecule has 2 heterocycles. The summed E-state index contributed by atoms with van der Waals surface area (Å²) >= 11 is 0. The third kappa shape index (κ3) is 4.29. The van der Waals surface area contributed by atoms with Crippen LogP contribution in [0.1, 0.15) is 45.4 Å². The van der Waals surface area contributed by atoms with E-state index in [0.29, 0.717) is 32.7 Å². The van der Waals surface area contributed by atoms with Crippen molar-refractivity contribution in [1.82, 2.24) is 9.47 Å². The second-order valence-corrected chi connectivity index (χ2v) is 7.95. The van der Waals surface area contributed by atoms with Crippen molar-refractivity contribution in [2.75, 3.05) is 13.2 Å². The Morgan fingerprint density at radius 1 is 1.25 bits per heavy atom. The van der Waals surface area contributed by atoms with Gasteiger partial charge >= 0.3 is 12.1 Å². The fourth-order valence-corrected chi connectivity index (χ4v) is 3.60. The van der Waals surface area contributed by atoms with E-state index in [1.54, 1.807) is 17.9 Å². The molecule has 1 amide bonds. The lowest BCUT2D eigenvalue weighted by Gasteiger charge is -2.30. The summed E-state index contributed by atoms with van der Waals surface area (Å²) in [6.45, 7) is 8.95. The minimum atomic E-state index is -0.572. The van der Waals surface area contributed by atoms with Gasteiger partial charge in [0, 0.05) is 41.7 Å². The predicted octanol–water partition coefficient (Wildman–Crippen LogP) is 4.03. The highest BCUT2D eigenvalue weighted by Gasteiger charge is 2.29. The summed E-state index contributed by atoms with van der Waals surface area (Å²) in [4.78, 5) is 25.9. The number of ether oxygens (including phenoxy) is 2.